The van der Waals surface area contributed by atoms with E-state index in [1.54, 1.807) is 6.07 Å². The van der Waals surface area contributed by atoms with Crippen molar-refractivity contribution in [2.24, 2.45) is 5.92 Å². The molecule has 1 rings (SSSR count). The largest absolute Gasteiger partial charge is 0.391 e. The zero-order chi connectivity index (χ0) is 11.3. The Balaban J connectivity index is 2.36. The molecule has 0 aliphatic rings. The Kier molecular flexibility index (Phi) is 4.98. The third-order valence-electron chi connectivity index (χ3n) is 1.90. The molecule has 1 heterocycles. The van der Waals surface area contributed by atoms with Gasteiger partial charge in [0, 0.05) is 12.6 Å². The highest BCUT2D eigenvalue weighted by molar-refractivity contribution is 9.10. The van der Waals surface area contributed by atoms with E-state index in [4.69, 9.17) is 0 Å². The molecule has 0 spiro atoms. The van der Waals surface area contributed by atoms with Crippen LogP contribution in [0, 0.1) is 5.92 Å². The molecule has 1 aromatic heterocycles. The van der Waals surface area contributed by atoms with Crippen molar-refractivity contribution in [3.05, 3.63) is 17.0 Å². The topological polar surface area (TPSA) is 58.0 Å². The Labute approximate surface area is 98.3 Å². The lowest BCUT2D eigenvalue weighted by Crippen LogP contribution is -2.21. The molecule has 0 bridgehead atoms. The summed E-state index contributed by atoms with van der Waals surface area (Å²) in [4.78, 5) is 7.95. The fourth-order valence-corrected chi connectivity index (χ4v) is 1.59. The molecule has 1 aromatic rings. The molecule has 15 heavy (non-hydrogen) atoms. The maximum Gasteiger partial charge on any atom is 0.130 e. The molecule has 1 unspecified atom stereocenters. The van der Waals surface area contributed by atoms with Gasteiger partial charge in [-0.3, -0.25) is 0 Å². The molecule has 1 atom stereocenters. The van der Waals surface area contributed by atoms with Gasteiger partial charge in [-0.2, -0.15) is 0 Å². The van der Waals surface area contributed by atoms with Gasteiger partial charge in [-0.25, -0.2) is 9.97 Å². The summed E-state index contributed by atoms with van der Waals surface area (Å²) in [6, 6.07) is 1.78. The summed E-state index contributed by atoms with van der Waals surface area (Å²) in [5.41, 5.74) is 0. The molecule has 0 saturated carbocycles. The van der Waals surface area contributed by atoms with Crippen LogP contribution in [0.15, 0.2) is 17.0 Å². The van der Waals surface area contributed by atoms with Crippen LogP contribution in [0.4, 0.5) is 5.82 Å². The highest BCUT2D eigenvalue weighted by Crippen LogP contribution is 2.10. The second-order valence-electron chi connectivity index (χ2n) is 3.89. The van der Waals surface area contributed by atoms with Crippen molar-refractivity contribution < 1.29 is 5.11 Å². The van der Waals surface area contributed by atoms with Gasteiger partial charge in [0.25, 0.3) is 0 Å². The summed E-state index contributed by atoms with van der Waals surface area (Å²) in [5.74, 6) is 1.22. The second-order valence-corrected chi connectivity index (χ2v) is 4.70. The predicted molar refractivity (Wildman–Crippen MR) is 63.7 cm³/mol. The zero-order valence-electron chi connectivity index (χ0n) is 8.94. The predicted octanol–water partition coefficient (Wildman–Crippen LogP) is 2.06. The smallest absolute Gasteiger partial charge is 0.130 e. The molecule has 0 fully saturated rings. The van der Waals surface area contributed by atoms with Crippen molar-refractivity contribution in [1.29, 1.82) is 0 Å². The summed E-state index contributed by atoms with van der Waals surface area (Å²) < 4.78 is 0.735. The van der Waals surface area contributed by atoms with Gasteiger partial charge < -0.3 is 10.4 Å². The molecule has 0 aromatic carbocycles. The van der Waals surface area contributed by atoms with Gasteiger partial charge in [0.05, 0.1) is 6.10 Å². The summed E-state index contributed by atoms with van der Waals surface area (Å²) in [5, 5.41) is 12.7. The average molecular weight is 274 g/mol. The first-order chi connectivity index (χ1) is 7.08. The highest BCUT2D eigenvalue weighted by atomic mass is 79.9. The van der Waals surface area contributed by atoms with E-state index in [-0.39, 0.29) is 6.10 Å². The molecule has 0 radical (unpaired) electrons. The third kappa shape index (κ3) is 5.09. The first kappa shape index (κ1) is 12.4. The van der Waals surface area contributed by atoms with Crippen molar-refractivity contribution in [1.82, 2.24) is 9.97 Å². The Morgan fingerprint density at radius 2 is 2.20 bits per heavy atom. The Morgan fingerprint density at radius 1 is 1.47 bits per heavy atom. The number of hydrogen-bond donors (Lipinski definition) is 2. The lowest BCUT2D eigenvalue weighted by atomic mass is 10.1. The van der Waals surface area contributed by atoms with Crippen LogP contribution in [-0.4, -0.2) is 27.7 Å². The van der Waals surface area contributed by atoms with Crippen molar-refractivity contribution >= 4 is 21.7 Å². The van der Waals surface area contributed by atoms with E-state index in [1.807, 2.05) is 0 Å². The van der Waals surface area contributed by atoms with Crippen molar-refractivity contribution in [2.75, 3.05) is 11.9 Å². The number of aliphatic hydroxyl groups excluding tert-OH is 1. The van der Waals surface area contributed by atoms with E-state index in [0.29, 0.717) is 12.5 Å². The molecule has 84 valence electrons. The van der Waals surface area contributed by atoms with Crippen molar-refractivity contribution in [2.45, 2.75) is 26.4 Å². The maximum atomic E-state index is 9.63. The van der Waals surface area contributed by atoms with Crippen LogP contribution in [0.1, 0.15) is 20.3 Å². The van der Waals surface area contributed by atoms with Crippen LogP contribution in [-0.2, 0) is 0 Å². The Bertz CT molecular complexity index is 306. The van der Waals surface area contributed by atoms with Gasteiger partial charge in [-0.05, 0) is 28.3 Å². The van der Waals surface area contributed by atoms with Crippen LogP contribution >= 0.6 is 15.9 Å². The van der Waals surface area contributed by atoms with E-state index in [0.717, 1.165) is 16.8 Å². The second kappa shape index (κ2) is 6.02. The Morgan fingerprint density at radius 3 is 2.80 bits per heavy atom. The minimum Gasteiger partial charge on any atom is -0.391 e. The summed E-state index contributed by atoms with van der Waals surface area (Å²) in [6.45, 7) is 4.69. The summed E-state index contributed by atoms with van der Waals surface area (Å²) in [6.07, 6.45) is 1.93. The highest BCUT2D eigenvalue weighted by Gasteiger charge is 2.06. The monoisotopic (exact) mass is 273 g/mol. The molecule has 4 nitrogen and oxygen atoms in total. The molecule has 0 amide bonds. The number of rotatable bonds is 5. The molecule has 0 aliphatic carbocycles. The van der Waals surface area contributed by atoms with E-state index in [2.05, 4.69) is 45.1 Å². The Hall–Kier alpha value is -0.680. The molecular weight excluding hydrogens is 258 g/mol. The quantitative estimate of drug-likeness (QED) is 0.807. The number of nitrogens with zero attached hydrogens (tertiary/aromatic N) is 2. The van der Waals surface area contributed by atoms with Gasteiger partial charge in [0.1, 0.15) is 16.7 Å². The summed E-state index contributed by atoms with van der Waals surface area (Å²) in [7, 11) is 0. The number of hydrogen-bond acceptors (Lipinski definition) is 4. The van der Waals surface area contributed by atoms with Crippen LogP contribution in [0.5, 0.6) is 0 Å². The number of nitrogens with one attached hydrogen (secondary N) is 1. The fraction of sp³-hybridized carbons (Fsp3) is 0.600. The third-order valence-corrected chi connectivity index (χ3v) is 2.33. The molecule has 2 N–H and O–H groups in total. The van der Waals surface area contributed by atoms with Crippen molar-refractivity contribution in [3.8, 4) is 0 Å². The maximum absolute atomic E-state index is 9.63. The SMILES string of the molecule is CC(C)CC(O)CNc1cc(Br)ncn1. The average Bonchev–Trinajstić information content (AvgIpc) is 2.14. The van der Waals surface area contributed by atoms with Gasteiger partial charge in [-0.1, -0.05) is 13.8 Å². The van der Waals surface area contributed by atoms with Gasteiger partial charge >= 0.3 is 0 Å². The fourth-order valence-electron chi connectivity index (χ4n) is 1.28. The normalized spacial score (nSPS) is 12.9. The molecule has 0 saturated heterocycles. The van der Waals surface area contributed by atoms with E-state index in [1.165, 1.54) is 6.33 Å². The zero-order valence-corrected chi connectivity index (χ0v) is 10.5. The van der Waals surface area contributed by atoms with E-state index < -0.39 is 0 Å². The minimum absolute atomic E-state index is 0.334. The van der Waals surface area contributed by atoms with Crippen molar-refractivity contribution in [3.63, 3.8) is 0 Å². The lowest BCUT2D eigenvalue weighted by molar-refractivity contribution is 0.161. The lowest BCUT2D eigenvalue weighted by Gasteiger charge is -2.13. The van der Waals surface area contributed by atoms with Gasteiger partial charge in [0.2, 0.25) is 0 Å². The first-order valence-electron chi connectivity index (χ1n) is 4.97. The van der Waals surface area contributed by atoms with Crippen LogP contribution in [0.3, 0.4) is 0 Å². The van der Waals surface area contributed by atoms with Crippen LogP contribution in [0.2, 0.25) is 0 Å². The number of aromatic nitrogens is 2. The minimum atomic E-state index is -0.334. The van der Waals surface area contributed by atoms with E-state index >= 15 is 0 Å². The molecular formula is C10H16BrN3O. The number of aliphatic hydroxyl groups is 1. The molecule has 0 aliphatic heterocycles. The van der Waals surface area contributed by atoms with Gasteiger partial charge in [-0.15, -0.1) is 0 Å². The van der Waals surface area contributed by atoms with Gasteiger partial charge in [0.15, 0.2) is 0 Å². The first-order valence-corrected chi connectivity index (χ1v) is 5.76. The van der Waals surface area contributed by atoms with Crippen LogP contribution < -0.4 is 5.32 Å². The van der Waals surface area contributed by atoms with Crippen LogP contribution in [0.25, 0.3) is 0 Å². The summed E-state index contributed by atoms with van der Waals surface area (Å²) >= 11 is 3.26. The van der Waals surface area contributed by atoms with E-state index in [9.17, 15) is 5.11 Å². The number of halogens is 1. The standard InChI is InChI=1S/C10H16BrN3O/c1-7(2)3-8(15)5-12-10-4-9(11)13-6-14-10/h4,6-8,15H,3,5H2,1-2H3,(H,12,13,14). The number of anilines is 1. The molecule has 5 heteroatoms.